The van der Waals surface area contributed by atoms with Crippen molar-refractivity contribution in [3.63, 3.8) is 0 Å². The van der Waals surface area contributed by atoms with E-state index in [0.717, 1.165) is 21.2 Å². The zero-order valence-corrected chi connectivity index (χ0v) is 16.8. The summed E-state index contributed by atoms with van der Waals surface area (Å²) in [5.74, 6) is -0.350. The van der Waals surface area contributed by atoms with Crippen molar-refractivity contribution in [3.8, 4) is 5.69 Å². The van der Waals surface area contributed by atoms with E-state index in [-0.39, 0.29) is 5.97 Å². The molecule has 2 heterocycles. The molecule has 0 aliphatic rings. The molecule has 0 radical (unpaired) electrons. The number of carbonyl (C=O) groups is 1. The lowest BCUT2D eigenvalue weighted by Crippen LogP contribution is -2.08. The van der Waals surface area contributed by atoms with Crippen LogP contribution in [-0.2, 0) is 4.74 Å². The lowest BCUT2D eigenvalue weighted by Gasteiger charge is -2.13. The maximum atomic E-state index is 12.5. The van der Waals surface area contributed by atoms with Crippen LogP contribution in [0.4, 0.5) is 0 Å². The smallest absolute Gasteiger partial charge is 0.340 e. The van der Waals surface area contributed by atoms with Gasteiger partial charge in [0.15, 0.2) is 0 Å². The molecule has 5 heteroatoms. The SMILES string of the molecule is COC(=O)c1cc(Br)ccc1-n1c2ccccc2c2sc3ccccc3c21. The van der Waals surface area contributed by atoms with Gasteiger partial charge in [-0.05, 0) is 30.3 Å². The van der Waals surface area contributed by atoms with E-state index in [1.165, 1.54) is 27.3 Å². The Kier molecular flexibility index (Phi) is 3.81. The number of rotatable bonds is 2. The highest BCUT2D eigenvalue weighted by molar-refractivity contribution is 9.10. The number of benzene rings is 3. The van der Waals surface area contributed by atoms with Crippen LogP contribution >= 0.6 is 27.3 Å². The van der Waals surface area contributed by atoms with Gasteiger partial charge in [0, 0.05) is 19.9 Å². The highest BCUT2D eigenvalue weighted by Gasteiger charge is 2.21. The molecular weight excluding hydrogens is 422 g/mol. The molecule has 0 aliphatic heterocycles. The fourth-order valence-corrected chi connectivity index (χ4v) is 5.23. The molecule has 3 nitrogen and oxygen atoms in total. The van der Waals surface area contributed by atoms with Gasteiger partial charge in [-0.15, -0.1) is 11.3 Å². The lowest BCUT2D eigenvalue weighted by molar-refractivity contribution is 0.0601. The topological polar surface area (TPSA) is 31.2 Å². The monoisotopic (exact) mass is 435 g/mol. The number of carbonyl (C=O) groups excluding carboxylic acids is 1. The average Bonchev–Trinajstić information content (AvgIpc) is 3.22. The van der Waals surface area contributed by atoms with E-state index in [0.29, 0.717) is 5.56 Å². The average molecular weight is 436 g/mol. The number of fused-ring (bicyclic) bond motifs is 5. The van der Waals surface area contributed by atoms with E-state index in [4.69, 9.17) is 4.74 Å². The lowest BCUT2D eigenvalue weighted by atomic mass is 10.1. The number of thiophene rings is 1. The number of para-hydroxylation sites is 1. The predicted octanol–water partition coefficient (Wildman–Crippen LogP) is 6.55. The number of halogens is 1. The van der Waals surface area contributed by atoms with E-state index in [1.54, 1.807) is 11.3 Å². The van der Waals surface area contributed by atoms with Crippen molar-refractivity contribution in [1.82, 2.24) is 4.57 Å². The fraction of sp³-hybridized carbons (Fsp3) is 0.0455. The first-order valence-electron chi connectivity index (χ1n) is 8.48. The van der Waals surface area contributed by atoms with Crippen LogP contribution in [0.15, 0.2) is 71.2 Å². The summed E-state index contributed by atoms with van der Waals surface area (Å²) < 4.78 is 10.5. The largest absolute Gasteiger partial charge is 0.465 e. The van der Waals surface area contributed by atoms with E-state index in [1.807, 2.05) is 24.3 Å². The normalized spacial score (nSPS) is 11.5. The molecule has 0 atom stereocenters. The standard InChI is InChI=1S/C22H14BrNO2S/c1-26-22(25)16-12-13(23)10-11-18(16)24-17-8-4-2-6-14(17)21-20(24)15-7-3-5-9-19(15)27-21/h2-12H,1H3. The van der Waals surface area contributed by atoms with Crippen LogP contribution in [0.5, 0.6) is 0 Å². The third-order valence-electron chi connectivity index (χ3n) is 4.79. The maximum Gasteiger partial charge on any atom is 0.340 e. The number of nitrogens with zero attached hydrogens (tertiary/aromatic N) is 1. The van der Waals surface area contributed by atoms with Crippen LogP contribution in [0, 0.1) is 0 Å². The maximum absolute atomic E-state index is 12.5. The summed E-state index contributed by atoms with van der Waals surface area (Å²) in [6, 6.07) is 22.5. The molecule has 27 heavy (non-hydrogen) atoms. The van der Waals surface area contributed by atoms with Gasteiger partial charge in [0.25, 0.3) is 0 Å². The van der Waals surface area contributed by atoms with E-state index in [9.17, 15) is 4.79 Å². The van der Waals surface area contributed by atoms with E-state index in [2.05, 4.69) is 63.0 Å². The van der Waals surface area contributed by atoms with Crippen LogP contribution < -0.4 is 0 Å². The Labute approximate surface area is 167 Å². The van der Waals surface area contributed by atoms with Crippen LogP contribution in [-0.4, -0.2) is 17.6 Å². The minimum Gasteiger partial charge on any atom is -0.465 e. The molecule has 0 unspecified atom stereocenters. The summed E-state index contributed by atoms with van der Waals surface area (Å²) in [5, 5.41) is 2.37. The third kappa shape index (κ3) is 2.42. The zero-order chi connectivity index (χ0) is 18.5. The van der Waals surface area contributed by atoms with Crippen LogP contribution in [0.3, 0.4) is 0 Å². The van der Waals surface area contributed by atoms with Crippen molar-refractivity contribution >= 4 is 64.4 Å². The van der Waals surface area contributed by atoms with Crippen molar-refractivity contribution < 1.29 is 9.53 Å². The number of hydrogen-bond donors (Lipinski definition) is 0. The quantitative estimate of drug-likeness (QED) is 0.294. The molecule has 0 bridgehead atoms. The second-order valence-electron chi connectivity index (χ2n) is 6.28. The van der Waals surface area contributed by atoms with Crippen LogP contribution in [0.2, 0.25) is 0 Å². The first-order valence-corrected chi connectivity index (χ1v) is 10.1. The van der Waals surface area contributed by atoms with Gasteiger partial charge < -0.3 is 9.30 Å². The minimum absolute atomic E-state index is 0.350. The Morgan fingerprint density at radius 3 is 2.56 bits per heavy atom. The number of aromatic nitrogens is 1. The summed E-state index contributed by atoms with van der Waals surface area (Å²) in [4.78, 5) is 12.5. The molecule has 5 rings (SSSR count). The second-order valence-corrected chi connectivity index (χ2v) is 8.25. The summed E-state index contributed by atoms with van der Waals surface area (Å²) in [7, 11) is 1.41. The number of methoxy groups -OCH3 is 1. The fourth-order valence-electron chi connectivity index (χ4n) is 3.64. The van der Waals surface area contributed by atoms with Gasteiger partial charge in [0.05, 0.1) is 34.1 Å². The van der Waals surface area contributed by atoms with Gasteiger partial charge in [0.1, 0.15) is 0 Å². The van der Waals surface area contributed by atoms with Gasteiger partial charge >= 0.3 is 5.97 Å². The zero-order valence-electron chi connectivity index (χ0n) is 14.4. The third-order valence-corrected chi connectivity index (χ3v) is 6.47. The summed E-state index contributed by atoms with van der Waals surface area (Å²) in [6.07, 6.45) is 0. The van der Waals surface area contributed by atoms with E-state index < -0.39 is 0 Å². The van der Waals surface area contributed by atoms with Crippen LogP contribution in [0.1, 0.15) is 10.4 Å². The highest BCUT2D eigenvalue weighted by Crippen LogP contribution is 2.42. The predicted molar refractivity (Wildman–Crippen MR) is 115 cm³/mol. The minimum atomic E-state index is -0.350. The number of esters is 1. The molecule has 3 aromatic carbocycles. The van der Waals surface area contributed by atoms with Crippen molar-refractivity contribution in [2.24, 2.45) is 0 Å². The first kappa shape index (κ1) is 16.5. The number of hydrogen-bond acceptors (Lipinski definition) is 3. The Morgan fingerprint density at radius 2 is 1.74 bits per heavy atom. The van der Waals surface area contributed by atoms with Crippen molar-refractivity contribution in [3.05, 3.63) is 76.8 Å². The highest BCUT2D eigenvalue weighted by atomic mass is 79.9. The Morgan fingerprint density at radius 1 is 1.00 bits per heavy atom. The second kappa shape index (κ2) is 6.22. The van der Waals surface area contributed by atoms with Gasteiger partial charge in [-0.1, -0.05) is 52.3 Å². The molecular formula is C22H14BrNO2S. The number of ether oxygens (including phenoxy) is 1. The summed E-state index contributed by atoms with van der Waals surface area (Å²) in [5.41, 5.74) is 3.56. The Hall–Kier alpha value is -2.63. The van der Waals surface area contributed by atoms with Crippen molar-refractivity contribution in [2.75, 3.05) is 7.11 Å². The molecule has 0 N–H and O–H groups in total. The Bertz CT molecular complexity index is 1340. The molecule has 132 valence electrons. The van der Waals surface area contributed by atoms with E-state index >= 15 is 0 Å². The van der Waals surface area contributed by atoms with Gasteiger partial charge in [-0.3, -0.25) is 0 Å². The molecule has 5 aromatic rings. The molecule has 0 saturated carbocycles. The van der Waals surface area contributed by atoms with Crippen molar-refractivity contribution in [1.29, 1.82) is 0 Å². The van der Waals surface area contributed by atoms with Crippen molar-refractivity contribution in [2.45, 2.75) is 0 Å². The van der Waals surface area contributed by atoms with Crippen LogP contribution in [0.25, 0.3) is 36.9 Å². The molecule has 2 aromatic heterocycles. The van der Waals surface area contributed by atoms with Gasteiger partial charge in [0.2, 0.25) is 0 Å². The summed E-state index contributed by atoms with van der Waals surface area (Å²) >= 11 is 5.26. The molecule has 0 saturated heterocycles. The first-order chi connectivity index (χ1) is 13.2. The summed E-state index contributed by atoms with van der Waals surface area (Å²) in [6.45, 7) is 0. The molecule has 0 spiro atoms. The van der Waals surface area contributed by atoms with Gasteiger partial charge in [-0.2, -0.15) is 0 Å². The molecule has 0 amide bonds. The Balaban J connectivity index is 2.00. The van der Waals surface area contributed by atoms with Gasteiger partial charge in [-0.25, -0.2) is 4.79 Å². The molecule has 0 aliphatic carbocycles. The molecule has 0 fully saturated rings.